The molecule has 27 heavy (non-hydrogen) atoms. The van der Waals surface area contributed by atoms with Crippen LogP contribution in [0.25, 0.3) is 0 Å². The van der Waals surface area contributed by atoms with Gasteiger partial charge in [-0.2, -0.15) is 0 Å². The number of carbonyl (C=O) groups excluding carboxylic acids is 2. The molecule has 2 saturated carbocycles. The van der Waals surface area contributed by atoms with E-state index in [1.54, 1.807) is 26.8 Å². The fourth-order valence-electron chi connectivity index (χ4n) is 5.71. The van der Waals surface area contributed by atoms with Gasteiger partial charge in [-0.15, -0.1) is 0 Å². The van der Waals surface area contributed by atoms with E-state index in [1.165, 1.54) is 0 Å². The number of rotatable bonds is 2. The second-order valence-corrected chi connectivity index (χ2v) is 8.78. The van der Waals surface area contributed by atoms with Crippen LogP contribution in [-0.2, 0) is 28.5 Å². The minimum Gasteiger partial charge on any atom is -0.458 e. The molecular formula is C20H24O7. The highest BCUT2D eigenvalue weighted by molar-refractivity contribution is 5.91. The van der Waals surface area contributed by atoms with Crippen LogP contribution >= 0.6 is 0 Å². The highest BCUT2D eigenvalue weighted by atomic mass is 16.7. The summed E-state index contributed by atoms with van der Waals surface area (Å²) in [5, 5.41) is 11.6. The second kappa shape index (κ2) is 4.82. The standard InChI is InChI=1S/C20H24O7/c1-6-8(2)16(21)24-11-7-10-9(3)17(22)25-12(10)13-18(4)14(26-18)15-20(13,27-15)19(11,5)23/h6,10-15,23H,3,7H2,1-2,4-5H3/b8-6+/t10-,11+,12-,13-,14+,15-,18-,19+,20+/m0/s1. The third-order valence-electron chi connectivity index (χ3n) is 7.50. The average Bonchev–Trinajstić information content (AvgIpc) is 3.47. The van der Waals surface area contributed by atoms with Crippen LogP contribution in [0.4, 0.5) is 0 Å². The number of esters is 2. The molecule has 0 aromatic heterocycles. The Kier molecular flexibility index (Phi) is 3.11. The van der Waals surface area contributed by atoms with Gasteiger partial charge in [-0.25, -0.2) is 9.59 Å². The summed E-state index contributed by atoms with van der Waals surface area (Å²) in [6, 6.07) is 0. The summed E-state index contributed by atoms with van der Waals surface area (Å²) < 4.78 is 23.3. The summed E-state index contributed by atoms with van der Waals surface area (Å²) >= 11 is 0. The summed E-state index contributed by atoms with van der Waals surface area (Å²) in [5.41, 5.74) is -2.11. The second-order valence-electron chi connectivity index (χ2n) is 8.78. The molecule has 0 unspecified atom stereocenters. The molecule has 1 spiro atoms. The Labute approximate surface area is 157 Å². The fraction of sp³-hybridized carbons (Fsp3) is 0.700. The van der Waals surface area contributed by atoms with Gasteiger partial charge in [0, 0.05) is 17.1 Å². The van der Waals surface area contributed by atoms with Crippen molar-refractivity contribution in [2.24, 2.45) is 11.8 Å². The molecule has 3 saturated heterocycles. The van der Waals surface area contributed by atoms with Crippen molar-refractivity contribution in [1.29, 1.82) is 0 Å². The van der Waals surface area contributed by atoms with E-state index in [1.807, 2.05) is 6.92 Å². The van der Waals surface area contributed by atoms with Crippen molar-refractivity contribution in [3.63, 3.8) is 0 Å². The van der Waals surface area contributed by atoms with Crippen molar-refractivity contribution < 1.29 is 33.6 Å². The predicted molar refractivity (Wildman–Crippen MR) is 91.4 cm³/mol. The molecule has 3 heterocycles. The normalized spacial score (nSPS) is 54.9. The van der Waals surface area contributed by atoms with E-state index in [2.05, 4.69) is 6.58 Å². The Morgan fingerprint density at radius 2 is 2.04 bits per heavy atom. The highest BCUT2D eigenvalue weighted by Gasteiger charge is 2.93. The van der Waals surface area contributed by atoms with E-state index in [0.717, 1.165) is 0 Å². The Hall–Kier alpha value is -1.70. The zero-order valence-corrected chi connectivity index (χ0v) is 15.9. The first kappa shape index (κ1) is 17.4. The molecule has 5 rings (SSSR count). The Balaban J connectivity index is 1.59. The van der Waals surface area contributed by atoms with Crippen molar-refractivity contribution in [3.8, 4) is 0 Å². The molecular weight excluding hydrogens is 352 g/mol. The van der Waals surface area contributed by atoms with Crippen LogP contribution in [-0.4, -0.2) is 58.3 Å². The first-order valence-corrected chi connectivity index (χ1v) is 9.41. The van der Waals surface area contributed by atoms with Crippen molar-refractivity contribution in [2.45, 2.75) is 75.3 Å². The van der Waals surface area contributed by atoms with Crippen LogP contribution in [0.5, 0.6) is 0 Å². The lowest BCUT2D eigenvalue weighted by Gasteiger charge is -2.39. The molecule has 5 aliphatic rings. The van der Waals surface area contributed by atoms with Crippen molar-refractivity contribution in [1.82, 2.24) is 0 Å². The topological polar surface area (TPSA) is 97.9 Å². The van der Waals surface area contributed by atoms with E-state index < -0.39 is 40.9 Å². The molecule has 0 bridgehead atoms. The lowest BCUT2D eigenvalue weighted by molar-refractivity contribution is -0.175. The molecule has 2 aliphatic carbocycles. The van der Waals surface area contributed by atoms with Gasteiger partial charge in [-0.3, -0.25) is 0 Å². The van der Waals surface area contributed by atoms with E-state index >= 15 is 0 Å². The Morgan fingerprint density at radius 3 is 2.70 bits per heavy atom. The third kappa shape index (κ3) is 1.83. The van der Waals surface area contributed by atoms with E-state index in [-0.39, 0.29) is 30.5 Å². The van der Waals surface area contributed by atoms with Crippen LogP contribution < -0.4 is 0 Å². The fourth-order valence-corrected chi connectivity index (χ4v) is 5.71. The number of allylic oxidation sites excluding steroid dienone is 1. The maximum atomic E-state index is 12.4. The van der Waals surface area contributed by atoms with Gasteiger partial charge in [-0.05, 0) is 34.1 Å². The number of fused-ring (bicyclic) bond motifs is 5. The maximum absolute atomic E-state index is 12.4. The Morgan fingerprint density at radius 1 is 1.33 bits per heavy atom. The summed E-state index contributed by atoms with van der Waals surface area (Å²) in [7, 11) is 0. The summed E-state index contributed by atoms with van der Waals surface area (Å²) in [6.07, 6.45) is 0.113. The molecule has 0 amide bonds. The van der Waals surface area contributed by atoms with Crippen LogP contribution in [0.15, 0.2) is 23.8 Å². The minimum atomic E-state index is -1.44. The van der Waals surface area contributed by atoms with Gasteiger partial charge >= 0.3 is 11.9 Å². The molecule has 0 aromatic rings. The molecule has 0 aromatic carbocycles. The van der Waals surface area contributed by atoms with Crippen molar-refractivity contribution in [2.75, 3.05) is 0 Å². The van der Waals surface area contributed by atoms with Gasteiger partial charge in [0.15, 0.2) is 0 Å². The molecule has 7 nitrogen and oxygen atoms in total. The van der Waals surface area contributed by atoms with Crippen LogP contribution in [0.1, 0.15) is 34.1 Å². The summed E-state index contributed by atoms with van der Waals surface area (Å²) in [5.74, 6) is -1.63. The number of epoxide rings is 2. The third-order valence-corrected chi connectivity index (χ3v) is 7.50. The van der Waals surface area contributed by atoms with Crippen LogP contribution in [0, 0.1) is 11.8 Å². The van der Waals surface area contributed by atoms with Crippen LogP contribution in [0.2, 0.25) is 0 Å². The minimum absolute atomic E-state index is 0.145. The zero-order valence-electron chi connectivity index (χ0n) is 15.9. The van der Waals surface area contributed by atoms with Crippen molar-refractivity contribution in [3.05, 3.63) is 23.8 Å². The number of hydrogen-bond donors (Lipinski definition) is 1. The van der Waals surface area contributed by atoms with Crippen LogP contribution in [0.3, 0.4) is 0 Å². The molecule has 7 heteroatoms. The first-order chi connectivity index (χ1) is 12.6. The molecule has 1 N–H and O–H groups in total. The molecule has 0 radical (unpaired) electrons. The number of hydrogen-bond acceptors (Lipinski definition) is 7. The lowest BCUT2D eigenvalue weighted by atomic mass is 9.73. The van der Waals surface area contributed by atoms with E-state index in [4.69, 9.17) is 18.9 Å². The number of ether oxygens (including phenoxy) is 4. The SMILES string of the molecule is C=C1C(=O)O[C@H]2[C@H]1C[C@@H](OC(=O)/C(C)=C/C)[C@@](C)(O)[C@]13O[C@H]1[C@H]1O[C@@]1(C)[C@H]23. The lowest BCUT2D eigenvalue weighted by Crippen LogP contribution is -2.59. The quantitative estimate of drug-likeness (QED) is 0.437. The van der Waals surface area contributed by atoms with Gasteiger partial charge in [0.25, 0.3) is 0 Å². The predicted octanol–water partition coefficient (Wildman–Crippen LogP) is 1.04. The molecule has 3 aliphatic heterocycles. The summed E-state index contributed by atoms with van der Waals surface area (Å²) in [6.45, 7) is 10.9. The van der Waals surface area contributed by atoms with Gasteiger partial charge in [0.2, 0.25) is 0 Å². The van der Waals surface area contributed by atoms with Gasteiger partial charge in [-0.1, -0.05) is 12.7 Å². The van der Waals surface area contributed by atoms with Gasteiger partial charge in [0.1, 0.15) is 41.2 Å². The molecule has 5 fully saturated rings. The zero-order chi connectivity index (χ0) is 19.5. The Bertz CT molecular complexity index is 813. The average molecular weight is 376 g/mol. The smallest absolute Gasteiger partial charge is 0.334 e. The number of aliphatic hydroxyl groups is 1. The largest absolute Gasteiger partial charge is 0.458 e. The molecule has 146 valence electrons. The highest BCUT2D eigenvalue weighted by Crippen LogP contribution is 2.75. The summed E-state index contributed by atoms with van der Waals surface area (Å²) in [4.78, 5) is 24.7. The van der Waals surface area contributed by atoms with Gasteiger partial charge < -0.3 is 24.1 Å². The van der Waals surface area contributed by atoms with Crippen molar-refractivity contribution >= 4 is 11.9 Å². The van der Waals surface area contributed by atoms with Gasteiger partial charge in [0.05, 0.1) is 5.92 Å². The van der Waals surface area contributed by atoms with E-state index in [0.29, 0.717) is 11.1 Å². The number of carbonyl (C=O) groups is 2. The first-order valence-electron chi connectivity index (χ1n) is 9.41. The molecule has 9 atom stereocenters. The monoisotopic (exact) mass is 376 g/mol. The van der Waals surface area contributed by atoms with E-state index in [9.17, 15) is 14.7 Å². The maximum Gasteiger partial charge on any atom is 0.334 e.